The van der Waals surface area contributed by atoms with Crippen LogP contribution in [0.3, 0.4) is 0 Å². The monoisotopic (exact) mass is 508 g/mol. The standard InChI is InChI=1S/C24H30BrClN2O3/c1-5-21(24(30)27-13-16(2)3)28(14-18-9-7-6-8-17(18)4)23(29)15-31-22-11-10-19(26)12-20(22)25/h6-12,16,21H,5,13-15H2,1-4H3,(H,27,30)/t21-/m1/s1. The van der Waals surface area contributed by atoms with Crippen molar-refractivity contribution in [1.29, 1.82) is 0 Å². The largest absolute Gasteiger partial charge is 0.483 e. The second kappa shape index (κ2) is 12.1. The van der Waals surface area contributed by atoms with Crippen molar-refractivity contribution in [3.63, 3.8) is 0 Å². The first-order valence-electron chi connectivity index (χ1n) is 10.4. The molecule has 0 bridgehead atoms. The van der Waals surface area contributed by atoms with E-state index in [0.717, 1.165) is 11.1 Å². The molecule has 0 aliphatic heterocycles. The number of benzene rings is 2. The second-order valence-electron chi connectivity index (χ2n) is 7.87. The summed E-state index contributed by atoms with van der Waals surface area (Å²) in [6.07, 6.45) is 0.506. The van der Waals surface area contributed by atoms with Crippen LogP contribution in [0.25, 0.3) is 0 Å². The maximum Gasteiger partial charge on any atom is 0.261 e. The molecule has 2 rings (SSSR count). The summed E-state index contributed by atoms with van der Waals surface area (Å²) in [5, 5.41) is 3.53. The van der Waals surface area contributed by atoms with E-state index < -0.39 is 6.04 Å². The number of carbonyl (C=O) groups excluding carboxylic acids is 2. The van der Waals surface area contributed by atoms with Crippen LogP contribution in [0.5, 0.6) is 5.75 Å². The molecule has 1 N–H and O–H groups in total. The van der Waals surface area contributed by atoms with Crippen LogP contribution in [0.15, 0.2) is 46.9 Å². The van der Waals surface area contributed by atoms with Crippen molar-refractivity contribution in [3.05, 3.63) is 63.1 Å². The van der Waals surface area contributed by atoms with Crippen molar-refractivity contribution in [2.24, 2.45) is 5.92 Å². The molecular formula is C24H30BrClN2O3. The summed E-state index contributed by atoms with van der Waals surface area (Å²) in [5.41, 5.74) is 2.07. The van der Waals surface area contributed by atoms with Gasteiger partial charge in [-0.05, 0) is 64.5 Å². The predicted molar refractivity (Wildman–Crippen MR) is 128 cm³/mol. The van der Waals surface area contributed by atoms with Crippen LogP contribution in [0.4, 0.5) is 0 Å². The normalized spacial score (nSPS) is 11.8. The molecule has 0 heterocycles. The van der Waals surface area contributed by atoms with Crippen LogP contribution >= 0.6 is 27.5 Å². The maximum atomic E-state index is 13.2. The number of hydrogen-bond donors (Lipinski definition) is 1. The molecule has 1 atom stereocenters. The van der Waals surface area contributed by atoms with Crippen LogP contribution in [0.1, 0.15) is 38.3 Å². The Morgan fingerprint density at radius 1 is 1.19 bits per heavy atom. The van der Waals surface area contributed by atoms with Crippen molar-refractivity contribution in [2.45, 2.75) is 46.7 Å². The van der Waals surface area contributed by atoms with E-state index in [2.05, 4.69) is 21.2 Å². The predicted octanol–water partition coefficient (Wildman–Crippen LogP) is 5.37. The molecule has 2 amide bonds. The van der Waals surface area contributed by atoms with Gasteiger partial charge in [-0.15, -0.1) is 0 Å². The van der Waals surface area contributed by atoms with Gasteiger partial charge in [0.25, 0.3) is 5.91 Å². The molecule has 0 aliphatic carbocycles. The molecule has 168 valence electrons. The van der Waals surface area contributed by atoms with Crippen LogP contribution in [-0.2, 0) is 16.1 Å². The van der Waals surface area contributed by atoms with Gasteiger partial charge in [0.05, 0.1) is 4.47 Å². The average molecular weight is 510 g/mol. The smallest absolute Gasteiger partial charge is 0.261 e. The molecule has 2 aromatic carbocycles. The van der Waals surface area contributed by atoms with E-state index in [1.54, 1.807) is 23.1 Å². The summed E-state index contributed by atoms with van der Waals surface area (Å²) in [4.78, 5) is 27.7. The molecule has 7 heteroatoms. The Labute approximate surface area is 198 Å². The van der Waals surface area contributed by atoms with E-state index in [-0.39, 0.29) is 18.4 Å². The van der Waals surface area contributed by atoms with Gasteiger partial charge in [-0.2, -0.15) is 0 Å². The van der Waals surface area contributed by atoms with Crippen molar-refractivity contribution in [1.82, 2.24) is 10.2 Å². The topological polar surface area (TPSA) is 58.6 Å². The molecule has 5 nitrogen and oxygen atoms in total. The average Bonchev–Trinajstić information content (AvgIpc) is 2.72. The van der Waals surface area contributed by atoms with Gasteiger partial charge in [-0.3, -0.25) is 9.59 Å². The summed E-state index contributed by atoms with van der Waals surface area (Å²) in [7, 11) is 0. The summed E-state index contributed by atoms with van der Waals surface area (Å²) >= 11 is 9.38. The third-order valence-corrected chi connectivity index (χ3v) is 5.77. The Morgan fingerprint density at radius 3 is 2.52 bits per heavy atom. The van der Waals surface area contributed by atoms with E-state index in [1.165, 1.54) is 0 Å². The summed E-state index contributed by atoms with van der Waals surface area (Å²) in [6, 6.07) is 12.4. The van der Waals surface area contributed by atoms with Gasteiger partial charge in [0.15, 0.2) is 6.61 Å². The highest BCUT2D eigenvalue weighted by molar-refractivity contribution is 9.10. The fourth-order valence-corrected chi connectivity index (χ4v) is 3.92. The Morgan fingerprint density at radius 2 is 1.90 bits per heavy atom. The zero-order chi connectivity index (χ0) is 23.0. The second-order valence-corrected chi connectivity index (χ2v) is 9.17. The van der Waals surface area contributed by atoms with Crippen LogP contribution in [-0.4, -0.2) is 35.9 Å². The van der Waals surface area contributed by atoms with Crippen LogP contribution in [0.2, 0.25) is 5.02 Å². The number of aryl methyl sites for hydroxylation is 1. The SMILES string of the molecule is CC[C@H](C(=O)NCC(C)C)N(Cc1ccccc1C)C(=O)COc1ccc(Cl)cc1Br. The number of amides is 2. The molecule has 0 radical (unpaired) electrons. The minimum Gasteiger partial charge on any atom is -0.483 e. The minimum absolute atomic E-state index is 0.147. The van der Waals surface area contributed by atoms with E-state index in [1.807, 2.05) is 52.0 Å². The first-order valence-corrected chi connectivity index (χ1v) is 11.6. The third-order valence-electron chi connectivity index (χ3n) is 4.92. The molecule has 0 saturated carbocycles. The van der Waals surface area contributed by atoms with Gasteiger partial charge in [0, 0.05) is 18.1 Å². The number of nitrogens with zero attached hydrogens (tertiary/aromatic N) is 1. The Kier molecular flexibility index (Phi) is 9.85. The lowest BCUT2D eigenvalue weighted by atomic mass is 10.1. The molecule has 0 fully saturated rings. The van der Waals surface area contributed by atoms with Gasteiger partial charge < -0.3 is 15.0 Å². The van der Waals surface area contributed by atoms with Gasteiger partial charge in [0.1, 0.15) is 11.8 Å². The van der Waals surface area contributed by atoms with E-state index in [0.29, 0.717) is 40.7 Å². The fraction of sp³-hybridized carbons (Fsp3) is 0.417. The highest BCUT2D eigenvalue weighted by Gasteiger charge is 2.29. The first kappa shape index (κ1) is 25.2. The quantitative estimate of drug-likeness (QED) is 0.468. The number of carbonyl (C=O) groups is 2. The number of nitrogens with one attached hydrogen (secondary N) is 1. The Balaban J connectivity index is 2.23. The number of hydrogen-bond acceptors (Lipinski definition) is 3. The molecule has 0 unspecified atom stereocenters. The van der Waals surface area contributed by atoms with Crippen LogP contribution in [0, 0.1) is 12.8 Å². The lowest BCUT2D eigenvalue weighted by Crippen LogP contribution is -2.50. The van der Waals surface area contributed by atoms with E-state index in [9.17, 15) is 9.59 Å². The highest BCUT2D eigenvalue weighted by Crippen LogP contribution is 2.28. The lowest BCUT2D eigenvalue weighted by molar-refractivity contribution is -0.143. The zero-order valence-electron chi connectivity index (χ0n) is 18.5. The number of rotatable bonds is 10. The van der Waals surface area contributed by atoms with Gasteiger partial charge in [-0.1, -0.05) is 56.6 Å². The van der Waals surface area contributed by atoms with Crippen molar-refractivity contribution in [2.75, 3.05) is 13.2 Å². The molecular weight excluding hydrogens is 480 g/mol. The summed E-state index contributed by atoms with van der Waals surface area (Å²) in [6.45, 7) is 8.71. The lowest BCUT2D eigenvalue weighted by Gasteiger charge is -2.31. The van der Waals surface area contributed by atoms with Crippen molar-refractivity contribution in [3.8, 4) is 5.75 Å². The van der Waals surface area contributed by atoms with Crippen molar-refractivity contribution < 1.29 is 14.3 Å². The number of halogens is 2. The molecule has 0 saturated heterocycles. The molecule has 0 spiro atoms. The Bertz CT molecular complexity index is 904. The first-order chi connectivity index (χ1) is 14.7. The molecule has 0 aliphatic rings. The van der Waals surface area contributed by atoms with Gasteiger partial charge in [-0.25, -0.2) is 0 Å². The maximum absolute atomic E-state index is 13.2. The van der Waals surface area contributed by atoms with Gasteiger partial charge in [0.2, 0.25) is 5.91 Å². The fourth-order valence-electron chi connectivity index (χ4n) is 3.13. The Hall–Kier alpha value is -2.05. The highest BCUT2D eigenvalue weighted by atomic mass is 79.9. The third kappa shape index (κ3) is 7.54. The molecule has 2 aromatic rings. The van der Waals surface area contributed by atoms with Crippen molar-refractivity contribution >= 4 is 39.3 Å². The summed E-state index contributed by atoms with van der Waals surface area (Å²) in [5.74, 6) is 0.445. The summed E-state index contributed by atoms with van der Waals surface area (Å²) < 4.78 is 6.41. The van der Waals surface area contributed by atoms with E-state index >= 15 is 0 Å². The molecule has 0 aromatic heterocycles. The zero-order valence-corrected chi connectivity index (χ0v) is 20.8. The van der Waals surface area contributed by atoms with Gasteiger partial charge >= 0.3 is 0 Å². The number of ether oxygens (including phenoxy) is 1. The minimum atomic E-state index is -0.580. The van der Waals surface area contributed by atoms with Crippen LogP contribution < -0.4 is 10.1 Å². The van der Waals surface area contributed by atoms with E-state index in [4.69, 9.17) is 16.3 Å². The molecule has 31 heavy (non-hydrogen) atoms.